The molecule has 122 valence electrons. The third-order valence-electron chi connectivity index (χ3n) is 4.26. The molecule has 3 rings (SSSR count). The van der Waals surface area contributed by atoms with Crippen LogP contribution in [0.2, 0.25) is 5.02 Å². The van der Waals surface area contributed by atoms with E-state index in [1.807, 2.05) is 12.1 Å². The Morgan fingerprint density at radius 2 is 2.30 bits per heavy atom. The summed E-state index contributed by atoms with van der Waals surface area (Å²) >= 11 is 5.95. The quantitative estimate of drug-likeness (QED) is 0.875. The molecular formula is C16H19ClN4O2. The third-order valence-corrected chi connectivity index (χ3v) is 4.50. The van der Waals surface area contributed by atoms with E-state index in [4.69, 9.17) is 21.9 Å². The fourth-order valence-corrected chi connectivity index (χ4v) is 3.22. The lowest BCUT2D eigenvalue weighted by molar-refractivity contribution is -0.126. The summed E-state index contributed by atoms with van der Waals surface area (Å²) in [6, 6.07) is 7.22. The summed E-state index contributed by atoms with van der Waals surface area (Å²) in [4.78, 5) is 16.5. The molecule has 1 amide bonds. The van der Waals surface area contributed by atoms with E-state index in [1.54, 1.807) is 12.1 Å². The Labute approximate surface area is 139 Å². The summed E-state index contributed by atoms with van der Waals surface area (Å²) in [5.74, 6) is 1.11. The van der Waals surface area contributed by atoms with Crippen LogP contribution in [-0.2, 0) is 11.3 Å². The molecule has 7 heteroatoms. The van der Waals surface area contributed by atoms with E-state index in [-0.39, 0.29) is 24.3 Å². The molecule has 2 aromatic rings. The first-order valence-corrected chi connectivity index (χ1v) is 8.11. The smallest absolute Gasteiger partial charge is 0.246 e. The van der Waals surface area contributed by atoms with E-state index < -0.39 is 0 Å². The molecule has 1 heterocycles. The van der Waals surface area contributed by atoms with Crippen LogP contribution in [0.4, 0.5) is 0 Å². The van der Waals surface area contributed by atoms with E-state index in [0.29, 0.717) is 23.3 Å². The van der Waals surface area contributed by atoms with Gasteiger partial charge in [-0.15, -0.1) is 0 Å². The normalized spacial score (nSPS) is 20.6. The van der Waals surface area contributed by atoms with E-state index >= 15 is 0 Å². The number of hydrogen-bond acceptors (Lipinski definition) is 5. The predicted octanol–water partition coefficient (Wildman–Crippen LogP) is 2.38. The second-order valence-corrected chi connectivity index (χ2v) is 6.21. The molecule has 0 unspecified atom stereocenters. The maximum Gasteiger partial charge on any atom is 0.246 e. The first-order chi connectivity index (χ1) is 11.2. The molecule has 6 nitrogen and oxygen atoms in total. The second-order valence-electron chi connectivity index (χ2n) is 5.77. The number of hydrogen-bond donors (Lipinski definition) is 2. The van der Waals surface area contributed by atoms with Crippen molar-refractivity contribution >= 4 is 17.5 Å². The highest BCUT2D eigenvalue weighted by Crippen LogP contribution is 2.31. The molecule has 23 heavy (non-hydrogen) atoms. The first kappa shape index (κ1) is 16.0. The van der Waals surface area contributed by atoms with Crippen LogP contribution in [0, 0.1) is 11.8 Å². The molecule has 1 saturated carbocycles. The molecule has 1 aliphatic carbocycles. The van der Waals surface area contributed by atoms with Crippen LogP contribution in [0.15, 0.2) is 28.8 Å². The monoisotopic (exact) mass is 334 g/mol. The number of nitrogens with one attached hydrogen (secondary N) is 1. The number of carbonyl (C=O) groups excluding carboxylic acids is 1. The van der Waals surface area contributed by atoms with E-state index in [1.165, 1.54) is 0 Å². The van der Waals surface area contributed by atoms with Crippen LogP contribution in [0.5, 0.6) is 0 Å². The van der Waals surface area contributed by atoms with Crippen molar-refractivity contribution in [2.24, 2.45) is 17.6 Å². The van der Waals surface area contributed by atoms with Gasteiger partial charge in [0.1, 0.15) is 0 Å². The van der Waals surface area contributed by atoms with Gasteiger partial charge in [0.15, 0.2) is 0 Å². The predicted molar refractivity (Wildman–Crippen MR) is 86.5 cm³/mol. The van der Waals surface area contributed by atoms with Crippen LogP contribution < -0.4 is 11.1 Å². The van der Waals surface area contributed by atoms with Crippen molar-refractivity contribution in [1.82, 2.24) is 15.5 Å². The zero-order valence-electron chi connectivity index (χ0n) is 12.7. The summed E-state index contributed by atoms with van der Waals surface area (Å²) in [7, 11) is 0. The van der Waals surface area contributed by atoms with E-state index in [9.17, 15) is 4.79 Å². The Hall–Kier alpha value is -1.92. The lowest BCUT2D eigenvalue weighted by atomic mass is 9.95. The van der Waals surface area contributed by atoms with E-state index in [2.05, 4.69) is 15.5 Å². The average Bonchev–Trinajstić information content (AvgIpc) is 3.21. The zero-order valence-corrected chi connectivity index (χ0v) is 13.4. The zero-order chi connectivity index (χ0) is 16.2. The highest BCUT2D eigenvalue weighted by atomic mass is 35.5. The highest BCUT2D eigenvalue weighted by molar-refractivity contribution is 6.30. The Morgan fingerprint density at radius 1 is 1.43 bits per heavy atom. The lowest BCUT2D eigenvalue weighted by Crippen LogP contribution is -2.34. The second kappa shape index (κ2) is 7.10. The van der Waals surface area contributed by atoms with Gasteiger partial charge in [0.05, 0.1) is 6.54 Å². The highest BCUT2D eigenvalue weighted by Gasteiger charge is 2.31. The molecule has 0 saturated heterocycles. The summed E-state index contributed by atoms with van der Waals surface area (Å²) < 4.78 is 5.18. The van der Waals surface area contributed by atoms with Crippen LogP contribution in [0.25, 0.3) is 11.4 Å². The van der Waals surface area contributed by atoms with Crippen molar-refractivity contribution in [3.8, 4) is 11.4 Å². The number of benzene rings is 1. The summed E-state index contributed by atoms with van der Waals surface area (Å²) in [5.41, 5.74) is 6.49. The molecule has 0 spiro atoms. The maximum absolute atomic E-state index is 12.2. The molecule has 1 fully saturated rings. The molecule has 1 aromatic carbocycles. The molecule has 0 bridgehead atoms. The number of amides is 1. The maximum atomic E-state index is 12.2. The number of halogens is 1. The van der Waals surface area contributed by atoms with Crippen LogP contribution >= 0.6 is 11.6 Å². The van der Waals surface area contributed by atoms with Crippen LogP contribution in [-0.4, -0.2) is 22.6 Å². The van der Waals surface area contributed by atoms with Gasteiger partial charge < -0.3 is 15.6 Å². The molecule has 1 aliphatic rings. The molecule has 0 aliphatic heterocycles. The number of rotatable bonds is 5. The van der Waals surface area contributed by atoms with Gasteiger partial charge in [-0.25, -0.2) is 0 Å². The topological polar surface area (TPSA) is 94.0 Å². The SMILES string of the molecule is NC[C@H]1CCC[C@H]1C(=O)NCc1nc(-c2cccc(Cl)c2)no1. The minimum absolute atomic E-state index is 0.00433. The largest absolute Gasteiger partial charge is 0.347 e. The Balaban J connectivity index is 1.60. The molecule has 1 aromatic heterocycles. The van der Waals surface area contributed by atoms with E-state index in [0.717, 1.165) is 24.8 Å². The van der Waals surface area contributed by atoms with Gasteiger partial charge in [0, 0.05) is 16.5 Å². The summed E-state index contributed by atoms with van der Waals surface area (Å²) in [6.07, 6.45) is 2.97. The fourth-order valence-electron chi connectivity index (χ4n) is 3.03. The molecule has 0 radical (unpaired) electrons. The van der Waals surface area contributed by atoms with Crippen molar-refractivity contribution in [3.63, 3.8) is 0 Å². The van der Waals surface area contributed by atoms with Gasteiger partial charge in [-0.2, -0.15) is 4.98 Å². The van der Waals surface area contributed by atoms with Gasteiger partial charge in [-0.1, -0.05) is 35.3 Å². The third kappa shape index (κ3) is 3.71. The summed E-state index contributed by atoms with van der Waals surface area (Å²) in [6.45, 7) is 0.776. The van der Waals surface area contributed by atoms with Gasteiger partial charge in [0.2, 0.25) is 17.6 Å². The standard InChI is InChI=1S/C16H19ClN4O2/c17-12-5-1-3-10(7-12)15-20-14(23-21-15)9-19-16(22)13-6-2-4-11(13)8-18/h1,3,5,7,11,13H,2,4,6,8-9,18H2,(H,19,22)/t11-,13-/m1/s1. The van der Waals surface area contributed by atoms with Gasteiger partial charge >= 0.3 is 0 Å². The van der Waals surface area contributed by atoms with Crippen LogP contribution in [0.1, 0.15) is 25.2 Å². The number of carbonyl (C=O) groups is 1. The van der Waals surface area contributed by atoms with Crippen molar-refractivity contribution in [3.05, 3.63) is 35.2 Å². The summed E-state index contributed by atoms with van der Waals surface area (Å²) in [5, 5.41) is 7.39. The van der Waals surface area contributed by atoms with Crippen molar-refractivity contribution in [2.75, 3.05) is 6.54 Å². The Kier molecular flexibility index (Phi) is 4.93. The minimum atomic E-state index is -0.00433. The van der Waals surface area contributed by atoms with Gasteiger partial charge in [-0.3, -0.25) is 4.79 Å². The van der Waals surface area contributed by atoms with Gasteiger partial charge in [-0.05, 0) is 37.4 Å². The van der Waals surface area contributed by atoms with Crippen LogP contribution in [0.3, 0.4) is 0 Å². The first-order valence-electron chi connectivity index (χ1n) is 7.73. The number of aromatic nitrogens is 2. The Morgan fingerprint density at radius 3 is 3.09 bits per heavy atom. The fraction of sp³-hybridized carbons (Fsp3) is 0.438. The lowest BCUT2D eigenvalue weighted by Gasteiger charge is -2.16. The van der Waals surface area contributed by atoms with Crippen molar-refractivity contribution < 1.29 is 9.32 Å². The minimum Gasteiger partial charge on any atom is -0.347 e. The molecule has 3 N–H and O–H groups in total. The van der Waals surface area contributed by atoms with Crippen molar-refractivity contribution in [2.45, 2.75) is 25.8 Å². The average molecular weight is 335 g/mol. The number of nitrogens with zero attached hydrogens (tertiary/aromatic N) is 2. The van der Waals surface area contributed by atoms with Gasteiger partial charge in [0.25, 0.3) is 0 Å². The molecule has 2 atom stereocenters. The Bertz CT molecular complexity index is 688. The number of nitrogens with two attached hydrogens (primary N) is 1. The van der Waals surface area contributed by atoms with Crippen molar-refractivity contribution in [1.29, 1.82) is 0 Å². The molecular weight excluding hydrogens is 316 g/mol.